The number of carbonyl (C=O) groups is 1. The lowest BCUT2D eigenvalue weighted by molar-refractivity contribution is -0.121. The molecule has 0 aliphatic carbocycles. The van der Waals surface area contributed by atoms with Crippen LogP contribution in [0.1, 0.15) is 34.6 Å². The number of nitrogens with one attached hydrogen (secondary N) is 1. The highest BCUT2D eigenvalue weighted by atomic mass is 32.2. The van der Waals surface area contributed by atoms with Crippen LogP contribution in [0.3, 0.4) is 0 Å². The van der Waals surface area contributed by atoms with Gasteiger partial charge in [0.15, 0.2) is 9.84 Å². The first-order valence-corrected chi connectivity index (χ1v) is 14.8. The van der Waals surface area contributed by atoms with Crippen LogP contribution in [0.2, 0.25) is 0 Å². The number of para-hydroxylation sites is 1. The van der Waals surface area contributed by atoms with Crippen LogP contribution in [0.5, 0.6) is 0 Å². The van der Waals surface area contributed by atoms with Gasteiger partial charge in [-0.05, 0) is 41.7 Å². The number of sulfone groups is 1. The smallest absolute Gasteiger partial charge is 0.239 e. The van der Waals surface area contributed by atoms with Crippen molar-refractivity contribution in [3.8, 4) is 0 Å². The van der Waals surface area contributed by atoms with Crippen LogP contribution in [-0.2, 0) is 26.9 Å². The molecule has 0 saturated carbocycles. The van der Waals surface area contributed by atoms with E-state index in [0.717, 1.165) is 23.1 Å². The molecule has 1 heterocycles. The van der Waals surface area contributed by atoms with Gasteiger partial charge in [-0.25, -0.2) is 8.42 Å². The summed E-state index contributed by atoms with van der Waals surface area (Å²) in [5, 5.41) is 3.68. The number of aryl methyl sites for hydroxylation is 1. The van der Waals surface area contributed by atoms with Gasteiger partial charge in [0.05, 0.1) is 10.6 Å². The fraction of sp³-hybridized carbons (Fsp3) is 0.182. The van der Waals surface area contributed by atoms with Gasteiger partial charge in [0.1, 0.15) is 6.54 Å². The zero-order chi connectivity index (χ0) is 27.2. The Balaban J connectivity index is 1.31. The molecule has 1 amide bonds. The van der Waals surface area contributed by atoms with E-state index in [4.69, 9.17) is 0 Å². The Hall–Kier alpha value is -4.16. The molecule has 5 rings (SSSR count). The molecule has 5 aromatic rings. The summed E-state index contributed by atoms with van der Waals surface area (Å²) in [5.74, 6) is -0.0722. The Morgan fingerprint density at radius 3 is 2.05 bits per heavy atom. The van der Waals surface area contributed by atoms with E-state index in [1.807, 2.05) is 85.8 Å². The van der Waals surface area contributed by atoms with Crippen molar-refractivity contribution < 1.29 is 13.2 Å². The van der Waals surface area contributed by atoms with Crippen molar-refractivity contribution in [2.45, 2.75) is 36.5 Å². The molecule has 5 nitrogen and oxygen atoms in total. The minimum absolute atomic E-state index is 0.0434. The van der Waals surface area contributed by atoms with Gasteiger partial charge in [-0.3, -0.25) is 4.79 Å². The standard InChI is InChI=1S/C33H32N2O3S/c1-25-12-8-9-17-28(25)24-39(37,38)32-22-35(31-19-11-10-18-30(31)32)23-33(36)34-21-20-29(26-13-4-2-5-14-26)27-15-6-3-7-16-27/h2-19,22,29H,20-21,23-24H2,1H3,(H,34,36). The number of nitrogens with zero attached hydrogens (tertiary/aromatic N) is 1. The van der Waals surface area contributed by atoms with Gasteiger partial charge < -0.3 is 9.88 Å². The highest BCUT2D eigenvalue weighted by molar-refractivity contribution is 7.90. The van der Waals surface area contributed by atoms with E-state index in [2.05, 4.69) is 29.6 Å². The molecule has 0 fully saturated rings. The van der Waals surface area contributed by atoms with Gasteiger partial charge in [-0.15, -0.1) is 0 Å². The van der Waals surface area contributed by atoms with Crippen LogP contribution in [0, 0.1) is 6.92 Å². The first kappa shape index (κ1) is 26.4. The van der Waals surface area contributed by atoms with E-state index in [1.54, 1.807) is 16.8 Å². The highest BCUT2D eigenvalue weighted by Gasteiger charge is 2.23. The van der Waals surface area contributed by atoms with E-state index in [9.17, 15) is 13.2 Å². The molecule has 1 aromatic heterocycles. The molecule has 6 heteroatoms. The first-order chi connectivity index (χ1) is 18.9. The maximum atomic E-state index is 13.5. The maximum absolute atomic E-state index is 13.5. The molecule has 0 radical (unpaired) electrons. The van der Waals surface area contributed by atoms with Crippen LogP contribution in [0.25, 0.3) is 10.9 Å². The molecule has 0 spiro atoms. The molecule has 0 unspecified atom stereocenters. The third kappa shape index (κ3) is 6.13. The summed E-state index contributed by atoms with van der Waals surface area (Å²) in [6, 6.07) is 35.5. The summed E-state index contributed by atoms with van der Waals surface area (Å²) in [7, 11) is -3.62. The molecule has 1 N–H and O–H groups in total. The van der Waals surface area contributed by atoms with Crippen LogP contribution in [0.15, 0.2) is 120 Å². The van der Waals surface area contributed by atoms with Gasteiger partial charge in [-0.1, -0.05) is 103 Å². The van der Waals surface area contributed by atoms with Crippen molar-refractivity contribution >= 4 is 26.6 Å². The second-order valence-electron chi connectivity index (χ2n) is 9.84. The average molecular weight is 537 g/mol. The number of hydrogen-bond donors (Lipinski definition) is 1. The summed E-state index contributed by atoms with van der Waals surface area (Å²) < 4.78 is 28.7. The van der Waals surface area contributed by atoms with E-state index in [1.165, 1.54) is 11.1 Å². The normalized spacial score (nSPS) is 11.6. The van der Waals surface area contributed by atoms with Gasteiger partial charge >= 0.3 is 0 Å². The monoisotopic (exact) mass is 536 g/mol. The topological polar surface area (TPSA) is 68.2 Å². The summed E-state index contributed by atoms with van der Waals surface area (Å²) >= 11 is 0. The Bertz CT molecular complexity index is 1640. The lowest BCUT2D eigenvalue weighted by atomic mass is 9.88. The minimum Gasteiger partial charge on any atom is -0.355 e. The third-order valence-corrected chi connectivity index (χ3v) is 8.85. The second-order valence-corrected chi connectivity index (χ2v) is 11.8. The number of aromatic nitrogens is 1. The number of benzene rings is 4. The molecule has 0 bridgehead atoms. The summed E-state index contributed by atoms with van der Waals surface area (Å²) in [4.78, 5) is 13.3. The lowest BCUT2D eigenvalue weighted by Gasteiger charge is -2.18. The molecule has 39 heavy (non-hydrogen) atoms. The molecule has 0 atom stereocenters. The maximum Gasteiger partial charge on any atom is 0.239 e. The van der Waals surface area contributed by atoms with Gasteiger partial charge in [-0.2, -0.15) is 0 Å². The summed E-state index contributed by atoms with van der Waals surface area (Å²) in [6.45, 7) is 2.46. The number of amides is 1. The van der Waals surface area contributed by atoms with Crippen LogP contribution in [-0.4, -0.2) is 25.4 Å². The van der Waals surface area contributed by atoms with Crippen molar-refractivity contribution in [2.24, 2.45) is 0 Å². The largest absolute Gasteiger partial charge is 0.355 e. The van der Waals surface area contributed by atoms with Crippen molar-refractivity contribution in [1.29, 1.82) is 0 Å². The molecule has 0 saturated heterocycles. The molecular weight excluding hydrogens is 504 g/mol. The third-order valence-electron chi connectivity index (χ3n) is 7.17. The zero-order valence-corrected chi connectivity index (χ0v) is 22.8. The average Bonchev–Trinajstić information content (AvgIpc) is 3.32. The summed E-state index contributed by atoms with van der Waals surface area (Å²) in [5.41, 5.74) is 4.85. The van der Waals surface area contributed by atoms with Gasteiger partial charge in [0.25, 0.3) is 0 Å². The van der Waals surface area contributed by atoms with Crippen LogP contribution < -0.4 is 5.32 Å². The van der Waals surface area contributed by atoms with E-state index in [-0.39, 0.29) is 29.0 Å². The molecule has 4 aromatic carbocycles. The number of carbonyl (C=O) groups excluding carboxylic acids is 1. The Labute approximate surface area is 230 Å². The quantitative estimate of drug-likeness (QED) is 0.229. The molecular formula is C33H32N2O3S. The van der Waals surface area contributed by atoms with E-state index < -0.39 is 9.84 Å². The van der Waals surface area contributed by atoms with Crippen molar-refractivity contribution in [1.82, 2.24) is 9.88 Å². The molecule has 0 aliphatic heterocycles. The molecule has 0 aliphatic rings. The van der Waals surface area contributed by atoms with Crippen molar-refractivity contribution in [3.63, 3.8) is 0 Å². The fourth-order valence-electron chi connectivity index (χ4n) is 5.11. The van der Waals surface area contributed by atoms with Crippen LogP contribution >= 0.6 is 0 Å². The fourth-order valence-corrected chi connectivity index (χ4v) is 6.79. The van der Waals surface area contributed by atoms with E-state index >= 15 is 0 Å². The Kier molecular flexibility index (Phi) is 7.94. The minimum atomic E-state index is -3.62. The number of rotatable bonds is 10. The van der Waals surface area contributed by atoms with E-state index in [0.29, 0.717) is 11.9 Å². The van der Waals surface area contributed by atoms with Crippen LogP contribution in [0.4, 0.5) is 0 Å². The van der Waals surface area contributed by atoms with Crippen molar-refractivity contribution in [2.75, 3.05) is 6.54 Å². The predicted octanol–water partition coefficient (Wildman–Crippen LogP) is 6.26. The number of fused-ring (bicyclic) bond motifs is 1. The second kappa shape index (κ2) is 11.7. The van der Waals surface area contributed by atoms with Gasteiger partial charge in [0, 0.05) is 29.6 Å². The Morgan fingerprint density at radius 2 is 1.38 bits per heavy atom. The lowest BCUT2D eigenvalue weighted by Crippen LogP contribution is -2.29. The van der Waals surface area contributed by atoms with Gasteiger partial charge in [0.2, 0.25) is 5.91 Å². The first-order valence-electron chi connectivity index (χ1n) is 13.1. The highest BCUT2D eigenvalue weighted by Crippen LogP contribution is 2.29. The summed E-state index contributed by atoms with van der Waals surface area (Å²) in [6.07, 6.45) is 2.36. The predicted molar refractivity (Wildman–Crippen MR) is 156 cm³/mol. The SMILES string of the molecule is Cc1ccccc1CS(=O)(=O)c1cn(CC(=O)NCCC(c2ccccc2)c2ccccc2)c2ccccc12. The zero-order valence-electron chi connectivity index (χ0n) is 22.0. The Morgan fingerprint density at radius 1 is 0.795 bits per heavy atom. The van der Waals surface area contributed by atoms with Crippen molar-refractivity contribution in [3.05, 3.63) is 138 Å². The molecule has 198 valence electrons. The number of hydrogen-bond acceptors (Lipinski definition) is 3.